The Balaban J connectivity index is 0.00000220. The number of anilines is 2. The summed E-state index contributed by atoms with van der Waals surface area (Å²) in [5, 5.41) is 5.61. The van der Waals surface area contributed by atoms with Crippen LogP contribution in [-0.4, -0.2) is 17.9 Å². The van der Waals surface area contributed by atoms with Crippen molar-refractivity contribution in [2.45, 2.75) is 32.7 Å². The molecule has 1 fully saturated rings. The first kappa shape index (κ1) is 17.5. The molecule has 1 aromatic carbocycles. The molecule has 2 rings (SSSR count). The highest BCUT2D eigenvalue weighted by Gasteiger charge is 2.29. The van der Waals surface area contributed by atoms with E-state index in [0.29, 0.717) is 11.4 Å². The molecule has 2 amide bonds. The summed E-state index contributed by atoms with van der Waals surface area (Å²) in [6.45, 7) is 3.80. The van der Waals surface area contributed by atoms with Crippen LogP contribution in [0.25, 0.3) is 0 Å². The predicted molar refractivity (Wildman–Crippen MR) is 86.5 cm³/mol. The van der Waals surface area contributed by atoms with Crippen LogP contribution in [-0.2, 0) is 9.59 Å². The summed E-state index contributed by atoms with van der Waals surface area (Å²) in [5.74, 6) is 0.0633. The van der Waals surface area contributed by atoms with Crippen molar-refractivity contribution in [2.75, 3.05) is 10.6 Å². The van der Waals surface area contributed by atoms with Crippen LogP contribution in [0.2, 0.25) is 0 Å². The van der Waals surface area contributed by atoms with Crippen molar-refractivity contribution in [3.05, 3.63) is 24.3 Å². The molecule has 1 aliphatic rings. The van der Waals surface area contributed by atoms with E-state index in [9.17, 15) is 9.59 Å². The molecule has 1 aliphatic carbocycles. The van der Waals surface area contributed by atoms with E-state index in [1.807, 2.05) is 13.8 Å². The average Bonchev–Trinajstić information content (AvgIpc) is 3.22. The van der Waals surface area contributed by atoms with E-state index < -0.39 is 6.04 Å². The molecule has 21 heavy (non-hydrogen) atoms. The first-order chi connectivity index (χ1) is 9.47. The molecule has 6 heteroatoms. The quantitative estimate of drug-likeness (QED) is 0.780. The van der Waals surface area contributed by atoms with Crippen molar-refractivity contribution in [3.63, 3.8) is 0 Å². The van der Waals surface area contributed by atoms with E-state index in [1.165, 1.54) is 0 Å². The van der Waals surface area contributed by atoms with Gasteiger partial charge in [0.1, 0.15) is 0 Å². The number of nitrogens with one attached hydrogen (secondary N) is 2. The molecule has 0 bridgehead atoms. The zero-order valence-corrected chi connectivity index (χ0v) is 13.1. The maximum absolute atomic E-state index is 11.9. The highest BCUT2D eigenvalue weighted by molar-refractivity contribution is 5.97. The number of halogens is 1. The summed E-state index contributed by atoms with van der Waals surface area (Å²) in [6.07, 6.45) is 1.93. The predicted octanol–water partition coefficient (Wildman–Crippen LogP) is 2.38. The number of amides is 2. The van der Waals surface area contributed by atoms with Crippen LogP contribution in [0.3, 0.4) is 0 Å². The largest absolute Gasteiger partial charge is 0.326 e. The molecule has 1 atom stereocenters. The minimum atomic E-state index is -0.542. The lowest BCUT2D eigenvalue weighted by Crippen LogP contribution is -2.39. The van der Waals surface area contributed by atoms with Gasteiger partial charge in [-0.05, 0) is 37.0 Å². The van der Waals surface area contributed by atoms with E-state index in [1.54, 1.807) is 24.3 Å². The van der Waals surface area contributed by atoms with Gasteiger partial charge in [-0.25, -0.2) is 0 Å². The minimum Gasteiger partial charge on any atom is -0.326 e. The van der Waals surface area contributed by atoms with Crippen LogP contribution in [0.15, 0.2) is 24.3 Å². The maximum atomic E-state index is 11.9. The Bertz CT molecular complexity index is 515. The number of hydrogen-bond donors (Lipinski definition) is 3. The summed E-state index contributed by atoms with van der Waals surface area (Å²) in [5.41, 5.74) is 7.12. The van der Waals surface area contributed by atoms with E-state index in [4.69, 9.17) is 5.73 Å². The third-order valence-corrected chi connectivity index (χ3v) is 3.37. The zero-order chi connectivity index (χ0) is 14.7. The summed E-state index contributed by atoms with van der Waals surface area (Å²) >= 11 is 0. The van der Waals surface area contributed by atoms with Gasteiger partial charge in [-0.3, -0.25) is 9.59 Å². The first-order valence-corrected chi connectivity index (χ1v) is 6.94. The van der Waals surface area contributed by atoms with E-state index >= 15 is 0 Å². The van der Waals surface area contributed by atoms with Gasteiger partial charge in [-0.15, -0.1) is 12.4 Å². The van der Waals surface area contributed by atoms with E-state index in [-0.39, 0.29) is 36.1 Å². The lowest BCUT2D eigenvalue weighted by Gasteiger charge is -2.15. The third-order valence-electron chi connectivity index (χ3n) is 3.37. The lowest BCUT2D eigenvalue weighted by molar-refractivity contribution is -0.118. The van der Waals surface area contributed by atoms with Crippen molar-refractivity contribution in [2.24, 2.45) is 17.6 Å². The van der Waals surface area contributed by atoms with Crippen molar-refractivity contribution < 1.29 is 9.59 Å². The second kappa shape index (κ2) is 7.43. The van der Waals surface area contributed by atoms with Gasteiger partial charge < -0.3 is 16.4 Å². The first-order valence-electron chi connectivity index (χ1n) is 6.94. The van der Waals surface area contributed by atoms with Gasteiger partial charge in [-0.2, -0.15) is 0 Å². The minimum absolute atomic E-state index is 0. The topological polar surface area (TPSA) is 84.2 Å². The van der Waals surface area contributed by atoms with Crippen LogP contribution in [0.4, 0.5) is 11.4 Å². The van der Waals surface area contributed by atoms with E-state index in [2.05, 4.69) is 10.6 Å². The molecule has 4 N–H and O–H groups in total. The van der Waals surface area contributed by atoms with Gasteiger partial charge in [0.25, 0.3) is 0 Å². The number of benzene rings is 1. The van der Waals surface area contributed by atoms with Crippen molar-refractivity contribution >= 4 is 35.6 Å². The molecule has 0 saturated heterocycles. The molecule has 1 aromatic rings. The second-order valence-corrected chi connectivity index (χ2v) is 5.60. The van der Waals surface area contributed by atoms with Crippen LogP contribution in [0.5, 0.6) is 0 Å². The Labute approximate surface area is 131 Å². The Kier molecular flexibility index (Phi) is 6.18. The molecule has 5 nitrogen and oxygen atoms in total. The number of carbonyl (C=O) groups is 2. The number of hydrogen-bond acceptors (Lipinski definition) is 3. The van der Waals surface area contributed by atoms with Crippen LogP contribution in [0.1, 0.15) is 26.7 Å². The zero-order valence-electron chi connectivity index (χ0n) is 12.3. The second-order valence-electron chi connectivity index (χ2n) is 5.60. The monoisotopic (exact) mass is 311 g/mol. The molecule has 1 unspecified atom stereocenters. The van der Waals surface area contributed by atoms with Crippen molar-refractivity contribution in [1.29, 1.82) is 0 Å². The van der Waals surface area contributed by atoms with E-state index in [0.717, 1.165) is 12.8 Å². The Hall–Kier alpha value is -1.59. The molecular formula is C15H22ClN3O2. The van der Waals surface area contributed by atoms with Crippen LogP contribution in [0, 0.1) is 11.8 Å². The van der Waals surface area contributed by atoms with Crippen molar-refractivity contribution in [3.8, 4) is 0 Å². The Morgan fingerprint density at radius 1 is 1.19 bits per heavy atom. The smallest absolute Gasteiger partial charge is 0.241 e. The number of carbonyl (C=O) groups excluding carboxylic acids is 2. The summed E-state index contributed by atoms with van der Waals surface area (Å²) in [4.78, 5) is 23.6. The molecule has 0 spiro atoms. The van der Waals surface area contributed by atoms with Gasteiger partial charge in [-0.1, -0.05) is 19.9 Å². The number of nitrogens with two attached hydrogens (primary N) is 1. The highest BCUT2D eigenvalue weighted by atomic mass is 35.5. The van der Waals surface area contributed by atoms with Gasteiger partial charge in [0, 0.05) is 17.3 Å². The fourth-order valence-electron chi connectivity index (χ4n) is 1.79. The molecule has 0 radical (unpaired) electrons. The lowest BCUT2D eigenvalue weighted by atomic mass is 10.0. The highest BCUT2D eigenvalue weighted by Crippen LogP contribution is 2.30. The summed E-state index contributed by atoms with van der Waals surface area (Å²) < 4.78 is 0. The Morgan fingerprint density at radius 3 is 2.29 bits per heavy atom. The maximum Gasteiger partial charge on any atom is 0.241 e. The van der Waals surface area contributed by atoms with Gasteiger partial charge in [0.2, 0.25) is 11.8 Å². The SMILES string of the molecule is CC(C)C(N)C(=O)Nc1cccc(NC(=O)C2CC2)c1.Cl. The molecule has 0 aromatic heterocycles. The van der Waals surface area contributed by atoms with Crippen molar-refractivity contribution in [1.82, 2.24) is 0 Å². The van der Waals surface area contributed by atoms with Crippen LogP contribution < -0.4 is 16.4 Å². The Morgan fingerprint density at radius 2 is 1.76 bits per heavy atom. The van der Waals surface area contributed by atoms with Crippen LogP contribution >= 0.6 is 12.4 Å². The fourth-order valence-corrected chi connectivity index (χ4v) is 1.79. The van der Waals surface area contributed by atoms with Gasteiger partial charge >= 0.3 is 0 Å². The normalized spacial score (nSPS) is 15.0. The fraction of sp³-hybridized carbons (Fsp3) is 0.467. The molecule has 116 valence electrons. The standard InChI is InChI=1S/C15H21N3O2.ClH/c1-9(2)13(16)15(20)18-12-5-3-4-11(8-12)17-14(19)10-6-7-10;/h3-5,8-10,13H,6-7,16H2,1-2H3,(H,17,19)(H,18,20);1H. The molecule has 1 saturated carbocycles. The van der Waals surface area contributed by atoms with Gasteiger partial charge in [0.05, 0.1) is 6.04 Å². The third kappa shape index (κ3) is 5.02. The molecule has 0 aliphatic heterocycles. The average molecular weight is 312 g/mol. The summed E-state index contributed by atoms with van der Waals surface area (Å²) in [6, 6.07) is 6.57. The molecule has 0 heterocycles. The molecular weight excluding hydrogens is 290 g/mol. The van der Waals surface area contributed by atoms with Gasteiger partial charge in [0.15, 0.2) is 0 Å². The number of rotatable bonds is 5. The summed E-state index contributed by atoms with van der Waals surface area (Å²) in [7, 11) is 0.